The Morgan fingerprint density at radius 2 is 2.06 bits per heavy atom. The lowest BCUT2D eigenvalue weighted by molar-refractivity contribution is -0.123. The zero-order valence-electron chi connectivity index (χ0n) is 18.1. The van der Waals surface area contributed by atoms with Gasteiger partial charge in [-0.25, -0.2) is 5.43 Å². The number of rotatable bonds is 5. The Labute approximate surface area is 182 Å². The number of methoxy groups -OCH3 is 1. The van der Waals surface area contributed by atoms with Gasteiger partial charge in [0.15, 0.2) is 0 Å². The van der Waals surface area contributed by atoms with E-state index in [1.807, 2.05) is 24.3 Å². The summed E-state index contributed by atoms with van der Waals surface area (Å²) < 4.78 is 7.65. The van der Waals surface area contributed by atoms with Crippen LogP contribution in [0.15, 0.2) is 47.6 Å². The van der Waals surface area contributed by atoms with Gasteiger partial charge in [0.25, 0.3) is 5.91 Å². The van der Waals surface area contributed by atoms with Crippen LogP contribution in [0.1, 0.15) is 41.3 Å². The third-order valence-electron chi connectivity index (χ3n) is 6.50. The Morgan fingerprint density at radius 1 is 1.23 bits per heavy atom. The third kappa shape index (κ3) is 3.72. The van der Waals surface area contributed by atoms with E-state index in [0.717, 1.165) is 37.2 Å². The number of nitrogens with one attached hydrogen (secondary N) is 1. The molecule has 31 heavy (non-hydrogen) atoms. The fraction of sp³-hybridized carbons (Fsp3) is 0.360. The Balaban J connectivity index is 1.29. The molecule has 1 amide bonds. The van der Waals surface area contributed by atoms with Crippen molar-refractivity contribution in [1.82, 2.24) is 14.9 Å². The Bertz CT molecular complexity index is 1150. The molecule has 5 rings (SSSR count). The number of hydrogen-bond donors (Lipinski definition) is 1. The highest BCUT2D eigenvalue weighted by molar-refractivity contribution is 5.87. The molecule has 0 unspecified atom stereocenters. The standard InChI is InChI=1S/C25H28N4O2/c1-17-6-11-22-21(14-17)20-4-3-5-23-25(20)29(22)13-12-28(23)16-24(30)27-26-15-18-7-9-19(31-2)10-8-18/h6-11,14-15,23H,3-5,12-13,16H2,1-2H3,(H,27,30)/b26-15+/t23-/m1/s1. The van der Waals surface area contributed by atoms with Crippen LogP contribution in [-0.4, -0.2) is 41.8 Å². The highest BCUT2D eigenvalue weighted by atomic mass is 16.5. The van der Waals surface area contributed by atoms with Crippen molar-refractivity contribution >= 4 is 23.0 Å². The Hall–Kier alpha value is -3.12. The summed E-state index contributed by atoms with van der Waals surface area (Å²) in [5.41, 5.74) is 9.16. The summed E-state index contributed by atoms with van der Waals surface area (Å²) in [4.78, 5) is 14.9. The minimum atomic E-state index is -0.0720. The number of hydrogen-bond acceptors (Lipinski definition) is 4. The van der Waals surface area contributed by atoms with Gasteiger partial charge < -0.3 is 9.30 Å². The number of aromatic nitrogens is 1. The van der Waals surface area contributed by atoms with Crippen LogP contribution in [0, 0.1) is 6.92 Å². The normalized spacial score (nSPS) is 18.3. The van der Waals surface area contributed by atoms with Gasteiger partial charge in [0.1, 0.15) is 5.75 Å². The molecule has 6 heteroatoms. The lowest BCUT2D eigenvalue weighted by Crippen LogP contribution is -2.44. The third-order valence-corrected chi connectivity index (χ3v) is 6.50. The number of nitrogens with zero attached hydrogens (tertiary/aromatic N) is 3. The van der Waals surface area contributed by atoms with Crippen molar-refractivity contribution in [2.24, 2.45) is 5.10 Å². The summed E-state index contributed by atoms with van der Waals surface area (Å²) in [5, 5.41) is 5.53. The van der Waals surface area contributed by atoms with E-state index < -0.39 is 0 Å². The highest BCUT2D eigenvalue weighted by Gasteiger charge is 2.35. The molecule has 1 aliphatic carbocycles. The molecular formula is C25H28N4O2. The quantitative estimate of drug-likeness (QED) is 0.508. The van der Waals surface area contributed by atoms with Crippen LogP contribution in [0.2, 0.25) is 0 Å². The van der Waals surface area contributed by atoms with E-state index in [2.05, 4.69) is 45.1 Å². The van der Waals surface area contributed by atoms with Crippen LogP contribution < -0.4 is 10.2 Å². The molecule has 2 aliphatic rings. The minimum Gasteiger partial charge on any atom is -0.497 e. The molecular weight excluding hydrogens is 388 g/mol. The van der Waals surface area contributed by atoms with Gasteiger partial charge in [0.2, 0.25) is 0 Å². The summed E-state index contributed by atoms with van der Waals surface area (Å²) in [7, 11) is 1.64. The van der Waals surface area contributed by atoms with Gasteiger partial charge in [-0.15, -0.1) is 0 Å². The van der Waals surface area contributed by atoms with Gasteiger partial charge >= 0.3 is 0 Å². The zero-order valence-corrected chi connectivity index (χ0v) is 18.1. The zero-order chi connectivity index (χ0) is 21.4. The molecule has 3 aromatic rings. The van der Waals surface area contributed by atoms with Crippen LogP contribution in [0.4, 0.5) is 0 Å². The molecule has 160 valence electrons. The predicted molar refractivity (Wildman–Crippen MR) is 123 cm³/mol. The molecule has 0 saturated carbocycles. The Morgan fingerprint density at radius 3 is 2.87 bits per heavy atom. The van der Waals surface area contributed by atoms with Crippen LogP contribution in [0.5, 0.6) is 5.75 Å². The fourth-order valence-corrected chi connectivity index (χ4v) is 5.07. The van der Waals surface area contributed by atoms with Crippen molar-refractivity contribution < 1.29 is 9.53 Å². The molecule has 2 aromatic carbocycles. The largest absolute Gasteiger partial charge is 0.497 e. The fourth-order valence-electron chi connectivity index (χ4n) is 5.07. The Kier molecular flexibility index (Phi) is 5.24. The number of carbonyl (C=O) groups is 1. The summed E-state index contributed by atoms with van der Waals surface area (Å²) >= 11 is 0. The molecule has 1 N–H and O–H groups in total. The monoisotopic (exact) mass is 416 g/mol. The number of carbonyl (C=O) groups excluding carboxylic acids is 1. The smallest absolute Gasteiger partial charge is 0.254 e. The van der Waals surface area contributed by atoms with Gasteiger partial charge in [-0.2, -0.15) is 5.10 Å². The number of aryl methyl sites for hydroxylation is 2. The van der Waals surface area contributed by atoms with Gasteiger partial charge in [0, 0.05) is 29.7 Å². The second-order valence-electron chi connectivity index (χ2n) is 8.48. The first kappa shape index (κ1) is 19.8. The molecule has 1 aliphatic heterocycles. The van der Waals surface area contributed by atoms with Crippen LogP contribution in [0.25, 0.3) is 10.9 Å². The van der Waals surface area contributed by atoms with Crippen molar-refractivity contribution in [3.05, 3.63) is 64.8 Å². The van der Waals surface area contributed by atoms with E-state index in [4.69, 9.17) is 4.74 Å². The summed E-state index contributed by atoms with van der Waals surface area (Å²) in [6.07, 6.45) is 5.06. The maximum atomic E-state index is 12.6. The van der Waals surface area contributed by atoms with Crippen molar-refractivity contribution in [2.75, 3.05) is 20.2 Å². The molecule has 1 atom stereocenters. The molecule has 2 heterocycles. The van der Waals surface area contributed by atoms with E-state index in [-0.39, 0.29) is 5.91 Å². The second kappa shape index (κ2) is 8.19. The minimum absolute atomic E-state index is 0.0720. The molecule has 0 radical (unpaired) electrons. The molecule has 0 saturated heterocycles. The van der Waals surface area contributed by atoms with Gasteiger partial charge in [-0.3, -0.25) is 9.69 Å². The van der Waals surface area contributed by atoms with E-state index in [9.17, 15) is 4.79 Å². The van der Waals surface area contributed by atoms with E-state index in [1.54, 1.807) is 13.3 Å². The van der Waals surface area contributed by atoms with Crippen LogP contribution in [-0.2, 0) is 17.8 Å². The lowest BCUT2D eigenvalue weighted by Gasteiger charge is -2.39. The first-order valence-electron chi connectivity index (χ1n) is 11.0. The molecule has 0 bridgehead atoms. The lowest BCUT2D eigenvalue weighted by atomic mass is 9.89. The van der Waals surface area contributed by atoms with Gasteiger partial charge in [-0.1, -0.05) is 11.6 Å². The predicted octanol–water partition coefficient (Wildman–Crippen LogP) is 3.80. The average Bonchev–Trinajstić information content (AvgIpc) is 3.10. The molecule has 0 fully saturated rings. The van der Waals surface area contributed by atoms with E-state index >= 15 is 0 Å². The van der Waals surface area contributed by atoms with Crippen molar-refractivity contribution in [1.29, 1.82) is 0 Å². The SMILES string of the molecule is COc1ccc(/C=N/NC(=O)CN2CCn3c4c(c5cc(C)ccc53)CCC[C@H]42)cc1. The van der Waals surface area contributed by atoms with Crippen molar-refractivity contribution in [2.45, 2.75) is 38.8 Å². The van der Waals surface area contributed by atoms with E-state index in [1.165, 1.54) is 34.1 Å². The summed E-state index contributed by atoms with van der Waals surface area (Å²) in [5.74, 6) is 0.725. The number of fused-ring (bicyclic) bond motifs is 3. The second-order valence-corrected chi connectivity index (χ2v) is 8.48. The number of ether oxygens (including phenoxy) is 1. The first-order valence-corrected chi connectivity index (χ1v) is 11.0. The topological polar surface area (TPSA) is 58.9 Å². The maximum absolute atomic E-state index is 12.6. The summed E-state index contributed by atoms with van der Waals surface area (Å²) in [6, 6.07) is 14.6. The van der Waals surface area contributed by atoms with Crippen LogP contribution in [0.3, 0.4) is 0 Å². The maximum Gasteiger partial charge on any atom is 0.254 e. The van der Waals surface area contributed by atoms with Crippen LogP contribution >= 0.6 is 0 Å². The first-order chi connectivity index (χ1) is 15.1. The van der Waals surface area contributed by atoms with Gasteiger partial charge in [0.05, 0.1) is 25.9 Å². The molecule has 1 aromatic heterocycles. The molecule has 0 spiro atoms. The number of amides is 1. The van der Waals surface area contributed by atoms with Crippen molar-refractivity contribution in [3.8, 4) is 5.75 Å². The summed E-state index contributed by atoms with van der Waals surface area (Å²) in [6.45, 7) is 4.33. The highest BCUT2D eigenvalue weighted by Crippen LogP contribution is 2.42. The number of benzene rings is 2. The molecule has 6 nitrogen and oxygen atoms in total. The number of hydrazone groups is 1. The van der Waals surface area contributed by atoms with Gasteiger partial charge in [-0.05, 0) is 73.7 Å². The average molecular weight is 417 g/mol. The van der Waals surface area contributed by atoms with Crippen molar-refractivity contribution in [3.63, 3.8) is 0 Å². The van der Waals surface area contributed by atoms with E-state index in [0.29, 0.717) is 12.6 Å².